The molecule has 0 spiro atoms. The molecule has 2 N–H and O–H groups in total. The number of thioether (sulfide) groups is 1. The molecule has 0 amide bonds. The van der Waals surface area contributed by atoms with Crippen molar-refractivity contribution < 1.29 is 19.1 Å². The largest absolute Gasteiger partial charge is 0.497 e. The van der Waals surface area contributed by atoms with Crippen LogP contribution in [0.2, 0.25) is 0 Å². The molecular weight excluding hydrogens is 358 g/mol. The van der Waals surface area contributed by atoms with Gasteiger partial charge in [0.15, 0.2) is 10.9 Å². The van der Waals surface area contributed by atoms with Crippen LogP contribution in [0.1, 0.15) is 17.3 Å². The van der Waals surface area contributed by atoms with Crippen molar-refractivity contribution in [2.24, 2.45) is 5.14 Å². The first-order chi connectivity index (χ1) is 12.0. The van der Waals surface area contributed by atoms with Crippen molar-refractivity contribution >= 4 is 34.6 Å². The standard InChI is InChI=1S/C10H11NO2S2.C8H10O2/c1-7(12)14-6-10(13)8-2-4-9(15-11)5-3-8;1-9-7-4-3-5-8(6-7)10-2/h2-5H,6,11H2,1H3;3-6H,1-2H3. The number of carbonyl (C=O) groups excluding carboxylic acids is 2. The lowest BCUT2D eigenvalue weighted by molar-refractivity contribution is -0.109. The van der Waals surface area contributed by atoms with Gasteiger partial charge in [-0.2, -0.15) is 0 Å². The Hall–Kier alpha value is -1.96. The second kappa shape index (κ2) is 11.6. The molecule has 0 aromatic heterocycles. The van der Waals surface area contributed by atoms with Gasteiger partial charge in [-0.25, -0.2) is 0 Å². The number of nitrogens with two attached hydrogens (primary N) is 1. The maximum Gasteiger partial charge on any atom is 0.186 e. The Kier molecular flexibility index (Phi) is 9.76. The number of Topliss-reactive ketones (excluding diaryl/α,β-unsaturated/α-hetero) is 1. The lowest BCUT2D eigenvalue weighted by Gasteiger charge is -2.01. The molecule has 0 saturated carbocycles. The minimum atomic E-state index is -0.0440. The Balaban J connectivity index is 0.000000271. The lowest BCUT2D eigenvalue weighted by atomic mass is 10.1. The summed E-state index contributed by atoms with van der Waals surface area (Å²) < 4.78 is 9.95. The van der Waals surface area contributed by atoms with Gasteiger partial charge in [0.1, 0.15) is 11.5 Å². The summed E-state index contributed by atoms with van der Waals surface area (Å²) in [6.45, 7) is 1.45. The Morgan fingerprint density at radius 3 is 2.00 bits per heavy atom. The number of hydrogen-bond acceptors (Lipinski definition) is 7. The van der Waals surface area contributed by atoms with E-state index in [4.69, 9.17) is 14.6 Å². The van der Waals surface area contributed by atoms with Gasteiger partial charge in [-0.1, -0.05) is 30.0 Å². The smallest absolute Gasteiger partial charge is 0.186 e. The van der Waals surface area contributed by atoms with Crippen LogP contribution >= 0.6 is 23.7 Å². The molecule has 0 bridgehead atoms. The maximum absolute atomic E-state index is 11.5. The number of methoxy groups -OCH3 is 2. The van der Waals surface area contributed by atoms with Crippen LogP contribution in [0.5, 0.6) is 11.5 Å². The summed E-state index contributed by atoms with van der Waals surface area (Å²) in [6.07, 6.45) is 0. The molecule has 2 aromatic carbocycles. The second-order valence-electron chi connectivity index (χ2n) is 4.73. The number of rotatable bonds is 6. The number of benzene rings is 2. The summed E-state index contributed by atoms with van der Waals surface area (Å²) >= 11 is 2.16. The third-order valence-electron chi connectivity index (χ3n) is 3.00. The third kappa shape index (κ3) is 8.11. The van der Waals surface area contributed by atoms with Gasteiger partial charge in [0.25, 0.3) is 0 Å². The van der Waals surface area contributed by atoms with Gasteiger partial charge in [-0.15, -0.1) is 0 Å². The van der Waals surface area contributed by atoms with E-state index in [1.807, 2.05) is 24.3 Å². The predicted molar refractivity (Wildman–Crippen MR) is 104 cm³/mol. The molecule has 0 aliphatic carbocycles. The summed E-state index contributed by atoms with van der Waals surface area (Å²) in [5.74, 6) is 1.80. The van der Waals surface area contributed by atoms with E-state index in [9.17, 15) is 9.59 Å². The Morgan fingerprint density at radius 2 is 1.56 bits per heavy atom. The van der Waals surface area contributed by atoms with Crippen molar-refractivity contribution in [2.45, 2.75) is 11.8 Å². The van der Waals surface area contributed by atoms with Crippen molar-refractivity contribution in [1.29, 1.82) is 0 Å². The summed E-state index contributed by atoms with van der Waals surface area (Å²) in [7, 11) is 3.27. The number of hydrogen-bond donors (Lipinski definition) is 1. The summed E-state index contributed by atoms with van der Waals surface area (Å²) in [4.78, 5) is 23.1. The maximum atomic E-state index is 11.5. The molecule has 2 aromatic rings. The van der Waals surface area contributed by atoms with Crippen LogP contribution in [0.3, 0.4) is 0 Å². The highest BCUT2D eigenvalue weighted by atomic mass is 32.2. The monoisotopic (exact) mass is 379 g/mol. The fourth-order valence-electron chi connectivity index (χ4n) is 1.70. The fourth-order valence-corrected chi connectivity index (χ4v) is 2.49. The molecule has 0 fully saturated rings. The molecule has 0 aliphatic heterocycles. The second-order valence-corrected chi connectivity index (χ2v) is 6.59. The molecule has 0 atom stereocenters. The fraction of sp³-hybridized carbons (Fsp3) is 0.222. The minimum Gasteiger partial charge on any atom is -0.497 e. The highest BCUT2D eigenvalue weighted by Gasteiger charge is 2.07. The van der Waals surface area contributed by atoms with Crippen molar-refractivity contribution in [3.8, 4) is 11.5 Å². The van der Waals surface area contributed by atoms with E-state index in [0.717, 1.165) is 40.1 Å². The van der Waals surface area contributed by atoms with Gasteiger partial charge in [0.05, 0.1) is 20.0 Å². The van der Waals surface area contributed by atoms with Gasteiger partial charge in [0.2, 0.25) is 0 Å². The molecule has 0 aliphatic rings. The van der Waals surface area contributed by atoms with Gasteiger partial charge in [-0.05, 0) is 36.2 Å². The van der Waals surface area contributed by atoms with Crippen LogP contribution in [0.4, 0.5) is 0 Å². The molecular formula is C18H21NO4S2. The van der Waals surface area contributed by atoms with Crippen molar-refractivity contribution in [3.05, 3.63) is 54.1 Å². The van der Waals surface area contributed by atoms with Crippen LogP contribution in [-0.4, -0.2) is 30.9 Å². The Morgan fingerprint density at radius 1 is 1.00 bits per heavy atom. The van der Waals surface area contributed by atoms with Crippen LogP contribution in [0.15, 0.2) is 53.4 Å². The van der Waals surface area contributed by atoms with Crippen LogP contribution in [0.25, 0.3) is 0 Å². The first kappa shape index (κ1) is 21.1. The Bertz CT molecular complexity index is 670. The van der Waals surface area contributed by atoms with E-state index >= 15 is 0 Å². The first-order valence-corrected chi connectivity index (χ1v) is 9.18. The third-order valence-corrected chi connectivity index (χ3v) is 4.35. The molecule has 7 heteroatoms. The molecule has 0 unspecified atom stereocenters. The zero-order valence-corrected chi connectivity index (χ0v) is 16.0. The molecule has 0 heterocycles. The molecule has 134 valence electrons. The summed E-state index contributed by atoms with van der Waals surface area (Å²) in [6, 6.07) is 14.5. The van der Waals surface area contributed by atoms with Gasteiger partial charge < -0.3 is 9.47 Å². The van der Waals surface area contributed by atoms with E-state index in [2.05, 4.69) is 0 Å². The zero-order chi connectivity index (χ0) is 18.7. The van der Waals surface area contributed by atoms with Gasteiger partial charge in [-0.3, -0.25) is 14.7 Å². The van der Waals surface area contributed by atoms with Crippen molar-refractivity contribution in [1.82, 2.24) is 0 Å². The lowest BCUT2D eigenvalue weighted by Crippen LogP contribution is -2.03. The first-order valence-electron chi connectivity index (χ1n) is 7.31. The average molecular weight is 380 g/mol. The van der Waals surface area contributed by atoms with Crippen LogP contribution in [0, 0.1) is 0 Å². The summed E-state index contributed by atoms with van der Waals surface area (Å²) in [5.41, 5.74) is 0.613. The minimum absolute atomic E-state index is 0.0382. The number of ketones is 1. The number of ether oxygens (including phenoxy) is 2. The molecule has 5 nitrogen and oxygen atoms in total. The SMILES string of the molecule is CC(=O)SCC(=O)c1ccc(SN)cc1.COc1cccc(OC)c1. The Labute approximate surface area is 156 Å². The quantitative estimate of drug-likeness (QED) is 0.604. The van der Waals surface area contributed by atoms with E-state index in [0.29, 0.717) is 5.56 Å². The van der Waals surface area contributed by atoms with Crippen molar-refractivity contribution in [2.75, 3.05) is 20.0 Å². The van der Waals surface area contributed by atoms with E-state index < -0.39 is 0 Å². The normalized spacial score (nSPS) is 9.60. The van der Waals surface area contributed by atoms with Crippen LogP contribution < -0.4 is 14.6 Å². The van der Waals surface area contributed by atoms with E-state index in [1.165, 1.54) is 6.92 Å². The predicted octanol–water partition coefficient (Wildman–Crippen LogP) is 3.82. The molecule has 25 heavy (non-hydrogen) atoms. The van der Waals surface area contributed by atoms with E-state index in [1.54, 1.807) is 38.5 Å². The topological polar surface area (TPSA) is 78.6 Å². The summed E-state index contributed by atoms with van der Waals surface area (Å²) in [5, 5.41) is 5.31. The van der Waals surface area contributed by atoms with Gasteiger partial charge in [0, 0.05) is 23.4 Å². The molecule has 0 saturated heterocycles. The van der Waals surface area contributed by atoms with Gasteiger partial charge >= 0.3 is 0 Å². The van der Waals surface area contributed by atoms with Crippen molar-refractivity contribution in [3.63, 3.8) is 0 Å². The zero-order valence-electron chi connectivity index (χ0n) is 14.4. The van der Waals surface area contributed by atoms with E-state index in [-0.39, 0.29) is 16.7 Å². The molecule has 0 radical (unpaired) electrons. The highest BCUT2D eigenvalue weighted by Crippen LogP contribution is 2.17. The number of carbonyl (C=O) groups is 2. The average Bonchev–Trinajstić information content (AvgIpc) is 2.66. The van der Waals surface area contributed by atoms with Crippen LogP contribution in [-0.2, 0) is 4.79 Å². The molecule has 2 rings (SSSR count). The highest BCUT2D eigenvalue weighted by molar-refractivity contribution is 8.14.